The second-order valence-corrected chi connectivity index (χ2v) is 3.81. The Morgan fingerprint density at radius 1 is 1.42 bits per heavy atom. The average Bonchev–Trinajstić information content (AvgIpc) is 2.04. The molecule has 1 heterocycles. The molecular weight excluding hydrogens is 150 g/mol. The summed E-state index contributed by atoms with van der Waals surface area (Å²) in [7, 11) is 0. The van der Waals surface area contributed by atoms with Crippen molar-refractivity contribution in [1.82, 2.24) is 4.90 Å². The maximum atomic E-state index is 9.38. The SMILES string of the molecule is CC(O)C1=CCCN(C(C)C)C1. The van der Waals surface area contributed by atoms with E-state index in [9.17, 15) is 5.11 Å². The van der Waals surface area contributed by atoms with Crippen molar-refractivity contribution in [2.24, 2.45) is 0 Å². The number of aliphatic hydroxyl groups excluding tert-OH is 1. The van der Waals surface area contributed by atoms with Crippen molar-refractivity contribution in [2.45, 2.75) is 39.3 Å². The fourth-order valence-corrected chi connectivity index (χ4v) is 1.54. The molecular formula is C10H19NO. The lowest BCUT2D eigenvalue weighted by Crippen LogP contribution is -2.37. The molecule has 1 aliphatic rings. The van der Waals surface area contributed by atoms with Crippen molar-refractivity contribution in [3.05, 3.63) is 11.6 Å². The van der Waals surface area contributed by atoms with Crippen LogP contribution in [-0.2, 0) is 0 Å². The molecule has 0 aromatic carbocycles. The summed E-state index contributed by atoms with van der Waals surface area (Å²) in [6, 6.07) is 0.590. The average molecular weight is 169 g/mol. The summed E-state index contributed by atoms with van der Waals surface area (Å²) in [5, 5.41) is 9.38. The minimum atomic E-state index is -0.272. The Hall–Kier alpha value is -0.340. The molecule has 0 saturated carbocycles. The van der Waals surface area contributed by atoms with Gasteiger partial charge in [0.05, 0.1) is 6.10 Å². The molecule has 0 fully saturated rings. The summed E-state index contributed by atoms with van der Waals surface area (Å²) in [6.07, 6.45) is 2.98. The Morgan fingerprint density at radius 2 is 2.08 bits per heavy atom. The van der Waals surface area contributed by atoms with E-state index in [0.717, 1.165) is 19.5 Å². The van der Waals surface area contributed by atoms with Gasteiger partial charge in [-0.25, -0.2) is 0 Å². The lowest BCUT2D eigenvalue weighted by Gasteiger charge is -2.31. The van der Waals surface area contributed by atoms with Crippen molar-refractivity contribution in [1.29, 1.82) is 0 Å². The fourth-order valence-electron chi connectivity index (χ4n) is 1.54. The van der Waals surface area contributed by atoms with Gasteiger partial charge in [0.1, 0.15) is 0 Å². The highest BCUT2D eigenvalue weighted by atomic mass is 16.3. The van der Waals surface area contributed by atoms with Crippen LogP contribution >= 0.6 is 0 Å². The van der Waals surface area contributed by atoms with E-state index in [-0.39, 0.29) is 6.10 Å². The first-order chi connectivity index (χ1) is 5.61. The molecule has 0 aliphatic carbocycles. The van der Waals surface area contributed by atoms with Gasteiger partial charge in [-0.2, -0.15) is 0 Å². The van der Waals surface area contributed by atoms with Gasteiger partial charge in [-0.3, -0.25) is 4.90 Å². The first-order valence-electron chi connectivity index (χ1n) is 4.72. The molecule has 0 aromatic heterocycles. The predicted molar refractivity (Wildman–Crippen MR) is 51.1 cm³/mol. The number of hydrogen-bond acceptors (Lipinski definition) is 2. The third-order valence-corrected chi connectivity index (χ3v) is 2.48. The van der Waals surface area contributed by atoms with Crippen LogP contribution in [0.5, 0.6) is 0 Å². The van der Waals surface area contributed by atoms with Crippen molar-refractivity contribution in [3.8, 4) is 0 Å². The highest BCUT2D eigenvalue weighted by Crippen LogP contribution is 2.14. The van der Waals surface area contributed by atoms with Gasteiger partial charge in [-0.05, 0) is 32.8 Å². The van der Waals surface area contributed by atoms with Gasteiger partial charge >= 0.3 is 0 Å². The molecule has 1 aliphatic heterocycles. The summed E-state index contributed by atoms with van der Waals surface area (Å²) < 4.78 is 0. The predicted octanol–water partition coefficient (Wildman–Crippen LogP) is 1.41. The molecule has 0 bridgehead atoms. The summed E-state index contributed by atoms with van der Waals surface area (Å²) in [5.74, 6) is 0. The van der Waals surface area contributed by atoms with E-state index in [2.05, 4.69) is 24.8 Å². The van der Waals surface area contributed by atoms with E-state index in [1.807, 2.05) is 6.92 Å². The third kappa shape index (κ3) is 2.32. The lowest BCUT2D eigenvalue weighted by molar-refractivity contribution is 0.182. The van der Waals surface area contributed by atoms with E-state index in [1.165, 1.54) is 5.57 Å². The quantitative estimate of drug-likeness (QED) is 0.632. The number of rotatable bonds is 2. The Kier molecular flexibility index (Phi) is 3.29. The largest absolute Gasteiger partial charge is 0.389 e. The number of hydrogen-bond donors (Lipinski definition) is 1. The molecule has 2 nitrogen and oxygen atoms in total. The second kappa shape index (κ2) is 4.06. The second-order valence-electron chi connectivity index (χ2n) is 3.81. The van der Waals surface area contributed by atoms with Crippen LogP contribution in [0.1, 0.15) is 27.2 Å². The topological polar surface area (TPSA) is 23.5 Å². The molecule has 12 heavy (non-hydrogen) atoms. The van der Waals surface area contributed by atoms with E-state index < -0.39 is 0 Å². The van der Waals surface area contributed by atoms with Gasteiger partial charge in [0.2, 0.25) is 0 Å². The smallest absolute Gasteiger partial charge is 0.0734 e. The van der Waals surface area contributed by atoms with E-state index in [0.29, 0.717) is 6.04 Å². The molecule has 0 saturated heterocycles. The van der Waals surface area contributed by atoms with Gasteiger partial charge in [-0.15, -0.1) is 0 Å². The summed E-state index contributed by atoms with van der Waals surface area (Å²) in [5.41, 5.74) is 1.18. The maximum Gasteiger partial charge on any atom is 0.0734 e. The fraction of sp³-hybridized carbons (Fsp3) is 0.800. The first-order valence-corrected chi connectivity index (χ1v) is 4.72. The first kappa shape index (κ1) is 9.75. The van der Waals surface area contributed by atoms with E-state index in [1.54, 1.807) is 0 Å². The van der Waals surface area contributed by atoms with Gasteiger partial charge in [-0.1, -0.05) is 6.08 Å². The molecule has 0 aromatic rings. The molecule has 1 unspecified atom stereocenters. The molecule has 2 heteroatoms. The van der Waals surface area contributed by atoms with Gasteiger partial charge < -0.3 is 5.11 Å². The van der Waals surface area contributed by atoms with Crippen LogP contribution in [0.3, 0.4) is 0 Å². The molecule has 0 spiro atoms. The Balaban J connectivity index is 2.53. The number of aliphatic hydroxyl groups is 1. The minimum absolute atomic E-state index is 0.272. The highest BCUT2D eigenvalue weighted by molar-refractivity contribution is 5.12. The zero-order valence-corrected chi connectivity index (χ0v) is 8.25. The summed E-state index contributed by atoms with van der Waals surface area (Å²) in [4.78, 5) is 2.39. The normalized spacial score (nSPS) is 22.6. The maximum absolute atomic E-state index is 9.38. The van der Waals surface area contributed by atoms with Crippen molar-refractivity contribution in [3.63, 3.8) is 0 Å². The van der Waals surface area contributed by atoms with Crippen LogP contribution in [0.25, 0.3) is 0 Å². The lowest BCUT2D eigenvalue weighted by atomic mass is 10.0. The van der Waals surface area contributed by atoms with E-state index >= 15 is 0 Å². The minimum Gasteiger partial charge on any atom is -0.389 e. The third-order valence-electron chi connectivity index (χ3n) is 2.48. The Morgan fingerprint density at radius 3 is 2.58 bits per heavy atom. The molecule has 0 radical (unpaired) electrons. The highest BCUT2D eigenvalue weighted by Gasteiger charge is 2.17. The molecule has 1 N–H and O–H groups in total. The van der Waals surface area contributed by atoms with Gasteiger partial charge in [0.25, 0.3) is 0 Å². The monoisotopic (exact) mass is 169 g/mol. The van der Waals surface area contributed by atoms with E-state index in [4.69, 9.17) is 0 Å². The van der Waals surface area contributed by atoms with Crippen LogP contribution in [-0.4, -0.2) is 35.2 Å². The molecule has 0 amide bonds. The van der Waals surface area contributed by atoms with Crippen molar-refractivity contribution in [2.75, 3.05) is 13.1 Å². The zero-order chi connectivity index (χ0) is 9.14. The Bertz CT molecular complexity index is 173. The summed E-state index contributed by atoms with van der Waals surface area (Å²) >= 11 is 0. The molecule has 70 valence electrons. The molecule has 1 rings (SSSR count). The summed E-state index contributed by atoms with van der Waals surface area (Å²) in [6.45, 7) is 8.31. The van der Waals surface area contributed by atoms with Crippen LogP contribution in [0.15, 0.2) is 11.6 Å². The van der Waals surface area contributed by atoms with Crippen LogP contribution in [0, 0.1) is 0 Å². The van der Waals surface area contributed by atoms with Gasteiger partial charge in [0, 0.05) is 19.1 Å². The molecule has 1 atom stereocenters. The Labute approximate surface area is 74.9 Å². The zero-order valence-electron chi connectivity index (χ0n) is 8.25. The standard InChI is InChI=1S/C10H19NO/c1-8(2)11-6-4-5-10(7-11)9(3)12/h5,8-9,12H,4,6-7H2,1-3H3. The van der Waals surface area contributed by atoms with Crippen LogP contribution in [0.2, 0.25) is 0 Å². The number of nitrogens with zero attached hydrogens (tertiary/aromatic N) is 1. The van der Waals surface area contributed by atoms with Crippen LogP contribution in [0.4, 0.5) is 0 Å². The van der Waals surface area contributed by atoms with Crippen LogP contribution < -0.4 is 0 Å². The van der Waals surface area contributed by atoms with Crippen molar-refractivity contribution < 1.29 is 5.11 Å². The van der Waals surface area contributed by atoms with Crippen molar-refractivity contribution >= 4 is 0 Å². The van der Waals surface area contributed by atoms with Gasteiger partial charge in [0.15, 0.2) is 0 Å².